The molecule has 1 aromatic carbocycles. The van der Waals surface area contributed by atoms with Gasteiger partial charge in [-0.15, -0.1) is 0 Å². The zero-order valence-corrected chi connectivity index (χ0v) is 11.2. The molecule has 0 radical (unpaired) electrons. The van der Waals surface area contributed by atoms with Gasteiger partial charge in [-0.05, 0) is 51.0 Å². The number of nitrogens with one attached hydrogen (secondary N) is 1. The lowest BCUT2D eigenvalue weighted by Gasteiger charge is -2.14. The first-order valence-corrected chi connectivity index (χ1v) is 6.90. The summed E-state index contributed by atoms with van der Waals surface area (Å²) in [5.41, 5.74) is 0.556. The largest absolute Gasteiger partial charge is 0.352 e. The third-order valence-electron chi connectivity index (χ3n) is 3.25. The van der Waals surface area contributed by atoms with Crippen molar-refractivity contribution < 1.29 is 4.79 Å². The molecule has 1 fully saturated rings. The molecule has 1 amide bonds. The van der Waals surface area contributed by atoms with E-state index in [1.54, 1.807) is 12.1 Å². The molecular weight excluding hydrogens is 248 g/mol. The van der Waals surface area contributed by atoms with E-state index in [0.29, 0.717) is 17.1 Å². The van der Waals surface area contributed by atoms with E-state index in [-0.39, 0.29) is 5.91 Å². The molecule has 0 spiro atoms. The van der Waals surface area contributed by atoms with Crippen molar-refractivity contribution in [3.63, 3.8) is 0 Å². The number of rotatable bonds is 5. The summed E-state index contributed by atoms with van der Waals surface area (Å²) in [6.45, 7) is 4.19. The number of carbonyl (C=O) groups is 1. The maximum Gasteiger partial charge on any atom is 0.252 e. The molecule has 1 aliphatic rings. The molecule has 1 aliphatic heterocycles. The lowest BCUT2D eigenvalue weighted by atomic mass is 10.2. The summed E-state index contributed by atoms with van der Waals surface area (Å²) in [4.78, 5) is 14.3. The third-order valence-corrected chi connectivity index (χ3v) is 3.58. The van der Waals surface area contributed by atoms with E-state index >= 15 is 0 Å². The van der Waals surface area contributed by atoms with Gasteiger partial charge in [0, 0.05) is 6.54 Å². The fraction of sp³-hybridized carbons (Fsp3) is 0.500. The maximum atomic E-state index is 11.9. The van der Waals surface area contributed by atoms with Gasteiger partial charge >= 0.3 is 0 Å². The van der Waals surface area contributed by atoms with Crippen LogP contribution in [0, 0.1) is 0 Å². The van der Waals surface area contributed by atoms with Crippen molar-refractivity contribution in [2.75, 3.05) is 26.2 Å². The van der Waals surface area contributed by atoms with E-state index in [4.69, 9.17) is 11.6 Å². The van der Waals surface area contributed by atoms with Gasteiger partial charge in [0.2, 0.25) is 0 Å². The fourth-order valence-corrected chi connectivity index (χ4v) is 2.47. The first-order valence-electron chi connectivity index (χ1n) is 6.52. The predicted molar refractivity (Wildman–Crippen MR) is 74.1 cm³/mol. The molecule has 1 heterocycles. The highest BCUT2D eigenvalue weighted by atomic mass is 35.5. The van der Waals surface area contributed by atoms with Crippen LogP contribution < -0.4 is 5.32 Å². The van der Waals surface area contributed by atoms with E-state index in [0.717, 1.165) is 13.0 Å². The highest BCUT2D eigenvalue weighted by molar-refractivity contribution is 6.33. The van der Waals surface area contributed by atoms with Crippen molar-refractivity contribution in [3.8, 4) is 0 Å². The molecule has 1 saturated heterocycles. The van der Waals surface area contributed by atoms with Gasteiger partial charge in [0.05, 0.1) is 10.6 Å². The summed E-state index contributed by atoms with van der Waals surface area (Å²) in [7, 11) is 0. The van der Waals surface area contributed by atoms with Gasteiger partial charge in [0.25, 0.3) is 5.91 Å². The monoisotopic (exact) mass is 266 g/mol. The highest BCUT2D eigenvalue weighted by Gasteiger charge is 2.11. The molecule has 0 atom stereocenters. The third kappa shape index (κ3) is 3.72. The quantitative estimate of drug-likeness (QED) is 0.831. The van der Waals surface area contributed by atoms with Gasteiger partial charge in [0.1, 0.15) is 0 Å². The Bertz CT molecular complexity index is 403. The Balaban J connectivity index is 1.70. The van der Waals surface area contributed by atoms with E-state index < -0.39 is 0 Å². The first-order chi connectivity index (χ1) is 8.77. The summed E-state index contributed by atoms with van der Waals surface area (Å²) in [6, 6.07) is 7.14. The van der Waals surface area contributed by atoms with Crippen molar-refractivity contribution in [2.45, 2.75) is 19.3 Å². The van der Waals surface area contributed by atoms with Gasteiger partial charge in [-0.3, -0.25) is 4.79 Å². The predicted octanol–water partition coefficient (Wildman–Crippen LogP) is 2.56. The van der Waals surface area contributed by atoms with Crippen LogP contribution in [0.15, 0.2) is 24.3 Å². The smallest absolute Gasteiger partial charge is 0.252 e. The number of likely N-dealkylation sites (tertiary alicyclic amines) is 1. The lowest BCUT2D eigenvalue weighted by molar-refractivity contribution is 0.0952. The fourth-order valence-electron chi connectivity index (χ4n) is 2.25. The van der Waals surface area contributed by atoms with Gasteiger partial charge in [-0.25, -0.2) is 0 Å². The number of amides is 1. The summed E-state index contributed by atoms with van der Waals surface area (Å²) in [6.07, 6.45) is 3.62. The Morgan fingerprint density at radius 1 is 1.28 bits per heavy atom. The first kappa shape index (κ1) is 13.4. The van der Waals surface area contributed by atoms with E-state index in [9.17, 15) is 4.79 Å². The lowest BCUT2D eigenvalue weighted by Crippen LogP contribution is -2.28. The Hall–Kier alpha value is -1.06. The summed E-state index contributed by atoms with van der Waals surface area (Å²) >= 11 is 5.97. The molecule has 98 valence electrons. The minimum Gasteiger partial charge on any atom is -0.352 e. The molecule has 1 aromatic rings. The Morgan fingerprint density at radius 3 is 2.72 bits per heavy atom. The molecule has 18 heavy (non-hydrogen) atoms. The molecular formula is C14H19ClN2O. The van der Waals surface area contributed by atoms with Gasteiger partial charge in [-0.1, -0.05) is 23.7 Å². The van der Waals surface area contributed by atoms with E-state index in [1.807, 2.05) is 12.1 Å². The van der Waals surface area contributed by atoms with Gasteiger partial charge < -0.3 is 10.2 Å². The summed E-state index contributed by atoms with van der Waals surface area (Å²) in [5.74, 6) is -0.0815. The zero-order chi connectivity index (χ0) is 12.8. The SMILES string of the molecule is O=C(NCCCN1CCCC1)c1ccccc1Cl. The van der Waals surface area contributed by atoms with Crippen LogP contribution in [0.5, 0.6) is 0 Å². The molecule has 0 unspecified atom stereocenters. The number of hydrogen-bond donors (Lipinski definition) is 1. The van der Waals surface area contributed by atoms with Crippen molar-refractivity contribution in [2.24, 2.45) is 0 Å². The molecule has 4 heteroatoms. The molecule has 0 aromatic heterocycles. The average Bonchev–Trinajstić information content (AvgIpc) is 2.88. The molecule has 2 rings (SSSR count). The number of benzene rings is 1. The van der Waals surface area contributed by atoms with Crippen LogP contribution in [-0.2, 0) is 0 Å². The van der Waals surface area contributed by atoms with Crippen molar-refractivity contribution in [1.29, 1.82) is 0 Å². The Morgan fingerprint density at radius 2 is 2.00 bits per heavy atom. The minimum atomic E-state index is -0.0815. The summed E-state index contributed by atoms with van der Waals surface area (Å²) in [5, 5.41) is 3.42. The topological polar surface area (TPSA) is 32.3 Å². The number of hydrogen-bond acceptors (Lipinski definition) is 2. The second-order valence-electron chi connectivity index (χ2n) is 4.64. The highest BCUT2D eigenvalue weighted by Crippen LogP contribution is 2.14. The maximum absolute atomic E-state index is 11.9. The van der Waals surface area contributed by atoms with Crippen LogP contribution >= 0.6 is 11.6 Å². The van der Waals surface area contributed by atoms with Crippen LogP contribution in [0.2, 0.25) is 5.02 Å². The number of halogens is 1. The standard InChI is InChI=1S/C14H19ClN2O/c15-13-7-2-1-6-12(13)14(18)16-8-5-11-17-9-3-4-10-17/h1-2,6-7H,3-5,8-11H2,(H,16,18). The van der Waals surface area contributed by atoms with Crippen LogP contribution in [0.25, 0.3) is 0 Å². The number of nitrogens with zero attached hydrogens (tertiary/aromatic N) is 1. The van der Waals surface area contributed by atoms with Crippen LogP contribution in [0.4, 0.5) is 0 Å². The Labute approximate surface area is 113 Å². The Kier molecular flexibility index (Phi) is 5.02. The average molecular weight is 267 g/mol. The molecule has 0 aliphatic carbocycles. The van der Waals surface area contributed by atoms with E-state index in [1.165, 1.54) is 25.9 Å². The zero-order valence-electron chi connectivity index (χ0n) is 10.5. The second-order valence-corrected chi connectivity index (χ2v) is 5.05. The summed E-state index contributed by atoms with van der Waals surface area (Å²) < 4.78 is 0. The van der Waals surface area contributed by atoms with Crippen molar-refractivity contribution in [3.05, 3.63) is 34.9 Å². The van der Waals surface area contributed by atoms with Crippen LogP contribution in [0.1, 0.15) is 29.6 Å². The molecule has 1 N–H and O–H groups in total. The van der Waals surface area contributed by atoms with E-state index in [2.05, 4.69) is 10.2 Å². The van der Waals surface area contributed by atoms with Crippen molar-refractivity contribution >= 4 is 17.5 Å². The number of carbonyl (C=O) groups excluding carboxylic acids is 1. The molecule has 3 nitrogen and oxygen atoms in total. The molecule has 0 bridgehead atoms. The minimum absolute atomic E-state index is 0.0815. The van der Waals surface area contributed by atoms with Gasteiger partial charge in [-0.2, -0.15) is 0 Å². The normalized spacial score (nSPS) is 15.8. The van der Waals surface area contributed by atoms with Crippen molar-refractivity contribution in [1.82, 2.24) is 10.2 Å². The molecule has 0 saturated carbocycles. The van der Waals surface area contributed by atoms with Gasteiger partial charge in [0.15, 0.2) is 0 Å². The van der Waals surface area contributed by atoms with Crippen LogP contribution in [0.3, 0.4) is 0 Å². The second kappa shape index (κ2) is 6.76. The van der Waals surface area contributed by atoms with Crippen LogP contribution in [-0.4, -0.2) is 37.0 Å².